The van der Waals surface area contributed by atoms with Crippen molar-refractivity contribution in [2.45, 2.75) is 0 Å². The van der Waals surface area contributed by atoms with Crippen LogP contribution in [0.5, 0.6) is 0 Å². The summed E-state index contributed by atoms with van der Waals surface area (Å²) in [6.45, 7) is 0. The largest absolute Gasteiger partial charge is 0.309 e. The molecule has 0 aliphatic heterocycles. The molecule has 72 heavy (non-hydrogen) atoms. The molecular weight excluding hydrogens is 869 g/mol. The van der Waals surface area contributed by atoms with Crippen LogP contribution in [0, 0.1) is 0 Å². The summed E-state index contributed by atoms with van der Waals surface area (Å²) >= 11 is 0. The number of fused-ring (bicyclic) bond motifs is 8. The third kappa shape index (κ3) is 6.88. The molecule has 2 nitrogen and oxygen atoms in total. The van der Waals surface area contributed by atoms with E-state index in [4.69, 9.17) is 0 Å². The average Bonchev–Trinajstić information content (AvgIpc) is 3.80. The summed E-state index contributed by atoms with van der Waals surface area (Å²) in [6, 6.07) is 102. The van der Waals surface area contributed by atoms with Crippen LogP contribution < -0.4 is 4.90 Å². The van der Waals surface area contributed by atoms with Gasteiger partial charge in [0.15, 0.2) is 0 Å². The van der Waals surface area contributed by atoms with Gasteiger partial charge in [-0.2, -0.15) is 0 Å². The highest BCUT2D eigenvalue weighted by molar-refractivity contribution is 6.22. The minimum atomic E-state index is 1.08. The van der Waals surface area contributed by atoms with E-state index in [0.717, 1.165) is 22.7 Å². The van der Waals surface area contributed by atoms with E-state index in [1.54, 1.807) is 0 Å². The zero-order valence-corrected chi connectivity index (χ0v) is 39.5. The van der Waals surface area contributed by atoms with Crippen molar-refractivity contribution in [1.82, 2.24) is 4.57 Å². The first-order valence-corrected chi connectivity index (χ1v) is 24.8. The van der Waals surface area contributed by atoms with Crippen LogP contribution in [0.15, 0.2) is 279 Å². The fourth-order valence-corrected chi connectivity index (χ4v) is 11.4. The number of benzene rings is 13. The van der Waals surface area contributed by atoms with Crippen molar-refractivity contribution in [2.24, 2.45) is 0 Å². The number of hydrogen-bond acceptors (Lipinski definition) is 1. The first-order chi connectivity index (χ1) is 35.7. The second kappa shape index (κ2) is 17.2. The van der Waals surface area contributed by atoms with Crippen LogP contribution in [0.4, 0.5) is 17.1 Å². The van der Waals surface area contributed by atoms with E-state index < -0.39 is 0 Å². The van der Waals surface area contributed by atoms with Gasteiger partial charge in [0.2, 0.25) is 0 Å². The molecule has 1 aromatic heterocycles. The molecule has 0 aliphatic carbocycles. The molecule has 0 amide bonds. The first-order valence-electron chi connectivity index (χ1n) is 24.8. The standard InChI is InChI=1S/C70H46N2/c1-3-17-48(18-4-1)58-29-15-21-50-22-16-30-59(68(50)58)49-37-42-55(43-38-49)71(70-65-28-10-8-24-61(65)60-23-7-9-27-64(60)69(70)51-19-5-2-6-20-51)57-44-39-53-45-52(33-34-54(53)46-57)47-35-40-56(41-36-47)72-66-31-13-11-25-62(66)63-26-12-14-32-67(63)72/h1-46H. The van der Waals surface area contributed by atoms with Gasteiger partial charge in [0.05, 0.1) is 16.7 Å². The third-order valence-electron chi connectivity index (χ3n) is 14.7. The number of para-hydroxylation sites is 2. The lowest BCUT2D eigenvalue weighted by atomic mass is 9.89. The monoisotopic (exact) mass is 914 g/mol. The van der Waals surface area contributed by atoms with Crippen molar-refractivity contribution < 1.29 is 0 Å². The van der Waals surface area contributed by atoms with Gasteiger partial charge in [-0.05, 0) is 131 Å². The van der Waals surface area contributed by atoms with Crippen molar-refractivity contribution in [3.8, 4) is 50.2 Å². The molecule has 0 fully saturated rings. The van der Waals surface area contributed by atoms with Gasteiger partial charge in [-0.25, -0.2) is 0 Å². The van der Waals surface area contributed by atoms with Crippen LogP contribution in [-0.2, 0) is 0 Å². The van der Waals surface area contributed by atoms with E-state index in [-0.39, 0.29) is 0 Å². The smallest absolute Gasteiger partial charge is 0.0624 e. The van der Waals surface area contributed by atoms with Crippen molar-refractivity contribution in [2.75, 3.05) is 4.90 Å². The SMILES string of the molecule is c1ccc(-c2c(N(c3ccc(-c4cccc5cccc(-c6ccccc6)c45)cc3)c3ccc4cc(-c5ccc(-n6c7ccccc7c7ccccc76)cc5)ccc4c3)c3ccccc3c3ccccc23)cc1. The average molecular weight is 915 g/mol. The van der Waals surface area contributed by atoms with Crippen molar-refractivity contribution >= 4 is 82.0 Å². The Morgan fingerprint density at radius 3 is 1.39 bits per heavy atom. The minimum Gasteiger partial charge on any atom is -0.309 e. The lowest BCUT2D eigenvalue weighted by Gasteiger charge is -2.31. The Morgan fingerprint density at radius 2 is 0.736 bits per heavy atom. The van der Waals surface area contributed by atoms with Crippen LogP contribution in [0.25, 0.3) is 115 Å². The predicted molar refractivity (Wildman–Crippen MR) is 307 cm³/mol. The highest BCUT2D eigenvalue weighted by atomic mass is 15.1. The molecule has 14 aromatic rings. The molecule has 0 aliphatic rings. The summed E-state index contributed by atoms with van der Waals surface area (Å²) in [7, 11) is 0. The molecule has 0 spiro atoms. The molecule has 0 unspecified atom stereocenters. The number of anilines is 3. The van der Waals surface area contributed by atoms with Gasteiger partial charge in [0, 0.05) is 38.8 Å². The quantitative estimate of drug-likeness (QED) is 0.138. The highest BCUT2D eigenvalue weighted by Crippen LogP contribution is 2.50. The zero-order chi connectivity index (χ0) is 47.5. The lowest BCUT2D eigenvalue weighted by Crippen LogP contribution is -2.12. The van der Waals surface area contributed by atoms with E-state index in [2.05, 4.69) is 289 Å². The summed E-state index contributed by atoms with van der Waals surface area (Å²) in [6.07, 6.45) is 0. The maximum atomic E-state index is 2.50. The molecule has 0 atom stereocenters. The molecule has 0 saturated carbocycles. The van der Waals surface area contributed by atoms with Gasteiger partial charge in [0.1, 0.15) is 0 Å². The maximum Gasteiger partial charge on any atom is 0.0624 e. The van der Waals surface area contributed by atoms with E-state index in [9.17, 15) is 0 Å². The van der Waals surface area contributed by atoms with E-state index in [1.165, 1.54) is 109 Å². The fraction of sp³-hybridized carbons (Fsp3) is 0. The molecule has 0 saturated heterocycles. The topological polar surface area (TPSA) is 8.17 Å². The Bertz CT molecular complexity index is 4300. The Morgan fingerprint density at radius 1 is 0.264 bits per heavy atom. The van der Waals surface area contributed by atoms with Crippen LogP contribution in [0.2, 0.25) is 0 Å². The van der Waals surface area contributed by atoms with Crippen molar-refractivity contribution in [1.29, 1.82) is 0 Å². The lowest BCUT2D eigenvalue weighted by molar-refractivity contribution is 1.18. The first kappa shape index (κ1) is 41.5. The summed E-state index contributed by atoms with van der Waals surface area (Å²) in [5.74, 6) is 0. The molecule has 0 bridgehead atoms. The van der Waals surface area contributed by atoms with Crippen LogP contribution in [-0.4, -0.2) is 4.57 Å². The summed E-state index contributed by atoms with van der Waals surface area (Å²) in [5.41, 5.74) is 16.5. The van der Waals surface area contributed by atoms with Gasteiger partial charge >= 0.3 is 0 Å². The number of nitrogens with zero attached hydrogens (tertiary/aromatic N) is 2. The van der Waals surface area contributed by atoms with E-state index in [1.807, 2.05) is 0 Å². The van der Waals surface area contributed by atoms with Gasteiger partial charge < -0.3 is 9.47 Å². The molecule has 13 aromatic carbocycles. The maximum absolute atomic E-state index is 2.50. The second-order valence-electron chi connectivity index (χ2n) is 18.8. The molecular formula is C70H46N2. The number of rotatable bonds is 8. The zero-order valence-electron chi connectivity index (χ0n) is 39.5. The van der Waals surface area contributed by atoms with Gasteiger partial charge in [-0.3, -0.25) is 0 Å². The summed E-state index contributed by atoms with van der Waals surface area (Å²) < 4.78 is 2.38. The van der Waals surface area contributed by atoms with Gasteiger partial charge in [0.25, 0.3) is 0 Å². The Labute approximate surface area is 418 Å². The third-order valence-corrected chi connectivity index (χ3v) is 14.7. The Hall–Kier alpha value is -9.50. The van der Waals surface area contributed by atoms with E-state index in [0.29, 0.717) is 0 Å². The van der Waals surface area contributed by atoms with Gasteiger partial charge in [-0.1, -0.05) is 224 Å². The molecule has 0 N–H and O–H groups in total. The second-order valence-corrected chi connectivity index (χ2v) is 18.8. The number of hydrogen-bond donors (Lipinski definition) is 0. The molecule has 0 radical (unpaired) electrons. The van der Waals surface area contributed by atoms with Crippen LogP contribution >= 0.6 is 0 Å². The minimum absolute atomic E-state index is 1.08. The fourth-order valence-electron chi connectivity index (χ4n) is 11.4. The summed E-state index contributed by atoms with van der Waals surface area (Å²) in [4.78, 5) is 2.50. The van der Waals surface area contributed by atoms with E-state index >= 15 is 0 Å². The molecule has 1 heterocycles. The molecule has 14 rings (SSSR count). The van der Waals surface area contributed by atoms with Crippen LogP contribution in [0.1, 0.15) is 0 Å². The Balaban J connectivity index is 0.922. The van der Waals surface area contributed by atoms with Crippen molar-refractivity contribution in [3.63, 3.8) is 0 Å². The Kier molecular flexibility index (Phi) is 9.89. The van der Waals surface area contributed by atoms with Crippen LogP contribution in [0.3, 0.4) is 0 Å². The molecule has 336 valence electrons. The van der Waals surface area contributed by atoms with Gasteiger partial charge in [-0.15, -0.1) is 0 Å². The predicted octanol–water partition coefficient (Wildman–Crippen LogP) is 19.5. The number of aromatic nitrogens is 1. The molecule has 2 heteroatoms. The summed E-state index contributed by atoms with van der Waals surface area (Å²) in [5, 5.41) is 12.3. The van der Waals surface area contributed by atoms with Crippen molar-refractivity contribution in [3.05, 3.63) is 279 Å². The normalized spacial score (nSPS) is 11.6. The highest BCUT2D eigenvalue weighted by Gasteiger charge is 2.24.